The van der Waals surface area contributed by atoms with Crippen LogP contribution in [0.25, 0.3) is 0 Å². The third-order valence-electron chi connectivity index (χ3n) is 2.98. The molecule has 0 aliphatic heterocycles. The Morgan fingerprint density at radius 1 is 1.28 bits per heavy atom. The number of carbonyl (C=O) groups excluding carboxylic acids is 1. The van der Waals surface area contributed by atoms with Gasteiger partial charge in [0.25, 0.3) is 0 Å². The lowest BCUT2D eigenvalue weighted by molar-refractivity contribution is -0.121. The number of rotatable bonds is 6. The fourth-order valence-corrected chi connectivity index (χ4v) is 1.63. The summed E-state index contributed by atoms with van der Waals surface area (Å²) in [5, 5.41) is 2.88. The molecular formula is C15H22ClNO. The van der Waals surface area contributed by atoms with Crippen LogP contribution in [0.15, 0.2) is 24.3 Å². The van der Waals surface area contributed by atoms with E-state index in [0.29, 0.717) is 18.9 Å². The molecule has 2 nitrogen and oxygen atoms in total. The van der Waals surface area contributed by atoms with Crippen molar-refractivity contribution in [3.05, 3.63) is 35.4 Å². The third kappa shape index (κ3) is 5.54. The second-order valence-corrected chi connectivity index (χ2v) is 5.61. The van der Waals surface area contributed by atoms with Crippen LogP contribution in [0.3, 0.4) is 0 Å². The number of benzene rings is 1. The predicted octanol–water partition coefficient (Wildman–Crippen LogP) is 3.31. The van der Waals surface area contributed by atoms with Gasteiger partial charge >= 0.3 is 0 Å². The minimum absolute atomic E-state index is 0.00771. The van der Waals surface area contributed by atoms with Crippen LogP contribution in [0.4, 0.5) is 0 Å². The Morgan fingerprint density at radius 2 is 1.89 bits per heavy atom. The van der Waals surface area contributed by atoms with E-state index < -0.39 is 0 Å². The van der Waals surface area contributed by atoms with Gasteiger partial charge in [-0.25, -0.2) is 0 Å². The first-order valence-electron chi connectivity index (χ1n) is 6.45. The minimum Gasteiger partial charge on any atom is -0.355 e. The smallest absolute Gasteiger partial charge is 0.220 e. The number of aryl methyl sites for hydroxylation is 2. The van der Waals surface area contributed by atoms with Crippen molar-refractivity contribution >= 4 is 17.5 Å². The van der Waals surface area contributed by atoms with Crippen molar-refractivity contribution in [3.8, 4) is 0 Å². The summed E-state index contributed by atoms with van der Waals surface area (Å²) in [5.74, 6) is 0.450. The van der Waals surface area contributed by atoms with Crippen LogP contribution in [0.1, 0.15) is 31.4 Å². The number of nitrogens with one attached hydrogen (secondary N) is 1. The zero-order valence-corrected chi connectivity index (χ0v) is 12.1. The standard InChI is InChI=1S/C15H22ClNO/c1-11(2)14(16)10-17-15(18)9-8-13-6-4-12(3)5-7-13/h4-7,11,14H,8-10H2,1-3H3,(H,17,18). The van der Waals surface area contributed by atoms with Gasteiger partial charge in [-0.2, -0.15) is 0 Å². The lowest BCUT2D eigenvalue weighted by atomic mass is 10.1. The summed E-state index contributed by atoms with van der Waals surface area (Å²) in [5.41, 5.74) is 2.44. The Kier molecular flexibility index (Phi) is 6.20. The third-order valence-corrected chi connectivity index (χ3v) is 3.64. The molecule has 0 aliphatic carbocycles. The Morgan fingerprint density at radius 3 is 2.44 bits per heavy atom. The second kappa shape index (κ2) is 7.42. The molecule has 1 aromatic rings. The highest BCUT2D eigenvalue weighted by atomic mass is 35.5. The topological polar surface area (TPSA) is 29.1 Å². The molecule has 0 aromatic heterocycles. The van der Waals surface area contributed by atoms with Gasteiger partial charge in [0.1, 0.15) is 0 Å². The fraction of sp³-hybridized carbons (Fsp3) is 0.533. The van der Waals surface area contributed by atoms with Crippen molar-refractivity contribution in [1.82, 2.24) is 5.32 Å². The van der Waals surface area contributed by atoms with Crippen molar-refractivity contribution in [1.29, 1.82) is 0 Å². The van der Waals surface area contributed by atoms with Crippen LogP contribution >= 0.6 is 11.6 Å². The van der Waals surface area contributed by atoms with Crippen LogP contribution in [-0.4, -0.2) is 17.8 Å². The van der Waals surface area contributed by atoms with Crippen molar-refractivity contribution in [2.75, 3.05) is 6.54 Å². The Hall–Kier alpha value is -1.02. The lowest BCUT2D eigenvalue weighted by Gasteiger charge is -2.14. The summed E-state index contributed by atoms with van der Waals surface area (Å²) in [6.07, 6.45) is 1.30. The molecule has 0 heterocycles. The van der Waals surface area contributed by atoms with E-state index in [9.17, 15) is 4.79 Å². The zero-order chi connectivity index (χ0) is 13.5. The normalized spacial score (nSPS) is 12.5. The summed E-state index contributed by atoms with van der Waals surface area (Å²) in [4.78, 5) is 11.6. The van der Waals surface area contributed by atoms with Gasteiger partial charge in [0.05, 0.1) is 5.38 Å². The molecule has 0 radical (unpaired) electrons. The van der Waals surface area contributed by atoms with Crippen LogP contribution in [0, 0.1) is 12.8 Å². The van der Waals surface area contributed by atoms with Crippen molar-refractivity contribution in [2.24, 2.45) is 5.92 Å². The van der Waals surface area contributed by atoms with E-state index >= 15 is 0 Å². The maximum absolute atomic E-state index is 11.6. The molecule has 0 saturated heterocycles. The maximum atomic E-state index is 11.6. The molecule has 0 spiro atoms. The van der Waals surface area contributed by atoms with Gasteiger partial charge in [-0.15, -0.1) is 11.6 Å². The molecule has 1 N–H and O–H groups in total. The fourth-order valence-electron chi connectivity index (χ4n) is 1.55. The highest BCUT2D eigenvalue weighted by Gasteiger charge is 2.10. The summed E-state index contributed by atoms with van der Waals surface area (Å²) < 4.78 is 0. The van der Waals surface area contributed by atoms with Crippen LogP contribution in [-0.2, 0) is 11.2 Å². The van der Waals surface area contributed by atoms with Gasteiger partial charge in [-0.3, -0.25) is 4.79 Å². The average Bonchev–Trinajstić information content (AvgIpc) is 2.35. The molecule has 0 saturated carbocycles. The van der Waals surface area contributed by atoms with E-state index in [-0.39, 0.29) is 11.3 Å². The summed E-state index contributed by atoms with van der Waals surface area (Å²) >= 11 is 6.08. The zero-order valence-electron chi connectivity index (χ0n) is 11.4. The van der Waals surface area contributed by atoms with Gasteiger partial charge in [0, 0.05) is 13.0 Å². The first-order valence-corrected chi connectivity index (χ1v) is 6.89. The van der Waals surface area contributed by atoms with Gasteiger partial charge < -0.3 is 5.32 Å². The van der Waals surface area contributed by atoms with E-state index in [1.54, 1.807) is 0 Å². The molecule has 1 atom stereocenters. The van der Waals surface area contributed by atoms with Crippen molar-refractivity contribution in [3.63, 3.8) is 0 Å². The van der Waals surface area contributed by atoms with Crippen LogP contribution in [0.5, 0.6) is 0 Å². The first kappa shape index (κ1) is 15.0. The molecule has 1 unspecified atom stereocenters. The van der Waals surface area contributed by atoms with Crippen LogP contribution in [0.2, 0.25) is 0 Å². The van der Waals surface area contributed by atoms with E-state index in [0.717, 1.165) is 6.42 Å². The summed E-state index contributed by atoms with van der Waals surface area (Å²) in [6, 6.07) is 8.28. The SMILES string of the molecule is Cc1ccc(CCC(=O)NCC(Cl)C(C)C)cc1. The highest BCUT2D eigenvalue weighted by molar-refractivity contribution is 6.21. The molecule has 1 rings (SSSR count). The van der Waals surface area contributed by atoms with Gasteiger partial charge in [0.15, 0.2) is 0 Å². The van der Waals surface area contributed by atoms with Crippen molar-refractivity contribution < 1.29 is 4.79 Å². The number of hydrogen-bond acceptors (Lipinski definition) is 1. The quantitative estimate of drug-likeness (QED) is 0.788. The molecule has 1 amide bonds. The maximum Gasteiger partial charge on any atom is 0.220 e. The molecule has 100 valence electrons. The number of alkyl halides is 1. The largest absolute Gasteiger partial charge is 0.355 e. The summed E-state index contributed by atoms with van der Waals surface area (Å²) in [6.45, 7) is 6.71. The van der Waals surface area contributed by atoms with Gasteiger partial charge in [-0.1, -0.05) is 43.7 Å². The number of carbonyl (C=O) groups is 1. The van der Waals surface area contributed by atoms with Gasteiger partial charge in [-0.05, 0) is 24.8 Å². The molecule has 18 heavy (non-hydrogen) atoms. The Labute approximate surface area is 115 Å². The second-order valence-electron chi connectivity index (χ2n) is 5.05. The predicted molar refractivity (Wildman–Crippen MR) is 77.0 cm³/mol. The molecular weight excluding hydrogens is 246 g/mol. The van der Waals surface area contributed by atoms with E-state index in [1.165, 1.54) is 11.1 Å². The average molecular weight is 268 g/mol. The molecule has 0 bridgehead atoms. The van der Waals surface area contributed by atoms with Crippen LogP contribution < -0.4 is 5.32 Å². The van der Waals surface area contributed by atoms with E-state index in [4.69, 9.17) is 11.6 Å². The molecule has 0 aliphatic rings. The molecule has 1 aromatic carbocycles. The monoisotopic (exact) mass is 267 g/mol. The highest BCUT2D eigenvalue weighted by Crippen LogP contribution is 2.08. The first-order chi connectivity index (χ1) is 8.49. The molecule has 0 fully saturated rings. The number of halogens is 1. The Bertz CT molecular complexity index is 373. The lowest BCUT2D eigenvalue weighted by Crippen LogP contribution is -2.32. The van der Waals surface area contributed by atoms with E-state index in [2.05, 4.69) is 50.4 Å². The number of amides is 1. The van der Waals surface area contributed by atoms with Crippen molar-refractivity contribution in [2.45, 2.75) is 39.0 Å². The van der Waals surface area contributed by atoms with E-state index in [1.807, 2.05) is 0 Å². The number of hydrogen-bond donors (Lipinski definition) is 1. The summed E-state index contributed by atoms with van der Waals surface area (Å²) in [7, 11) is 0. The minimum atomic E-state index is 0.00771. The molecule has 3 heteroatoms. The Balaban J connectivity index is 2.27. The van der Waals surface area contributed by atoms with Gasteiger partial charge in [0.2, 0.25) is 5.91 Å².